The molecule has 2 aromatic carbocycles. The van der Waals surface area contributed by atoms with Crippen LogP contribution in [-0.4, -0.2) is 54.2 Å². The van der Waals surface area contributed by atoms with Gasteiger partial charge in [0.15, 0.2) is 11.5 Å². The van der Waals surface area contributed by atoms with Crippen LogP contribution in [0.25, 0.3) is 33.7 Å². The number of fused-ring (bicyclic) bond motifs is 1. The number of benzene rings is 2. The molecule has 28 heavy (non-hydrogen) atoms. The van der Waals surface area contributed by atoms with Crippen LogP contribution in [0, 0.1) is 0 Å². The molecule has 0 saturated carbocycles. The molecule has 0 saturated heterocycles. The Kier molecular flexibility index (Phi) is 4.96. The fraction of sp³-hybridized carbons (Fsp3) is 0. The minimum atomic E-state index is 0.698. The lowest BCUT2D eigenvalue weighted by atomic mass is 9.60. The van der Waals surface area contributed by atoms with Crippen molar-refractivity contribution < 1.29 is 0 Å². The van der Waals surface area contributed by atoms with Crippen LogP contribution in [-0.2, 0) is 0 Å². The molecule has 2 aromatic heterocycles. The molecular formula is C19H17B5BrN3. The Morgan fingerprint density at radius 2 is 1.32 bits per heavy atom. The Labute approximate surface area is 178 Å². The second kappa shape index (κ2) is 7.28. The molecule has 9 heteroatoms. The van der Waals surface area contributed by atoms with Gasteiger partial charge in [0, 0.05) is 21.6 Å². The number of halogens is 1. The predicted octanol–water partition coefficient (Wildman–Crippen LogP) is -3.59. The van der Waals surface area contributed by atoms with E-state index in [2.05, 4.69) is 66.2 Å². The highest BCUT2D eigenvalue weighted by Crippen LogP contribution is 2.26. The van der Waals surface area contributed by atoms with Gasteiger partial charge in [-0.15, -0.1) is 16.4 Å². The topological polar surface area (TPSA) is 38.7 Å². The first kappa shape index (κ1) is 19.1. The fourth-order valence-electron chi connectivity index (χ4n) is 3.74. The molecule has 4 rings (SSSR count). The van der Waals surface area contributed by atoms with E-state index in [9.17, 15) is 0 Å². The zero-order valence-electron chi connectivity index (χ0n) is 16.8. The smallest absolute Gasteiger partial charge is 0.163 e. The highest BCUT2D eigenvalue weighted by molar-refractivity contribution is 9.10. The monoisotopic (exact) mass is 421 g/mol. The van der Waals surface area contributed by atoms with Gasteiger partial charge in [-0.25, -0.2) is 15.0 Å². The maximum atomic E-state index is 5.04. The van der Waals surface area contributed by atoms with E-state index in [0.29, 0.717) is 5.82 Å². The Balaban J connectivity index is 2.09. The van der Waals surface area contributed by atoms with Crippen molar-refractivity contribution in [1.82, 2.24) is 15.0 Å². The number of hydrogen-bond donors (Lipinski definition) is 0. The van der Waals surface area contributed by atoms with E-state index < -0.39 is 0 Å². The van der Waals surface area contributed by atoms with E-state index in [1.165, 1.54) is 32.9 Å². The molecule has 3 nitrogen and oxygen atoms in total. The Hall–Kier alpha value is -2.27. The van der Waals surface area contributed by atoms with Crippen LogP contribution in [0.2, 0.25) is 0 Å². The summed E-state index contributed by atoms with van der Waals surface area (Å²) >= 11 is 3.50. The van der Waals surface area contributed by atoms with Gasteiger partial charge in [0.1, 0.15) is 39.2 Å². The van der Waals surface area contributed by atoms with Crippen LogP contribution in [0.1, 0.15) is 0 Å². The Bertz CT molecular complexity index is 1200. The summed E-state index contributed by atoms with van der Waals surface area (Å²) in [5, 5.41) is 0.984. The standard InChI is InChI=1S/C19H17B5BrN3/c20-12-11(13(21)15(23)16(24)14(12)22)17-10-2-1-7-26-19(10)28-18(27-17)8-3-5-9(25)6-4-8/h1-7H,20-24H2. The number of rotatable bonds is 2. The molecule has 4 aromatic rings. The first-order valence-electron chi connectivity index (χ1n) is 9.34. The lowest BCUT2D eigenvalue weighted by Crippen LogP contribution is -2.55. The maximum Gasteiger partial charge on any atom is 0.163 e. The normalized spacial score (nSPS) is 11.0. The summed E-state index contributed by atoms with van der Waals surface area (Å²) in [5.41, 5.74) is 10.4. The van der Waals surface area contributed by atoms with E-state index in [4.69, 9.17) is 9.97 Å². The largest absolute Gasteiger partial charge is 0.236 e. The number of aromatic nitrogens is 3. The molecule has 0 aliphatic rings. The van der Waals surface area contributed by atoms with Crippen LogP contribution in [0.3, 0.4) is 0 Å². The first-order chi connectivity index (χ1) is 13.4. The third-order valence-electron chi connectivity index (χ3n) is 5.81. The van der Waals surface area contributed by atoms with Crippen molar-refractivity contribution in [2.75, 3.05) is 0 Å². The first-order valence-corrected chi connectivity index (χ1v) is 10.1. The van der Waals surface area contributed by atoms with Crippen LogP contribution < -0.4 is 27.3 Å². The second-order valence-corrected chi connectivity index (χ2v) is 8.19. The molecule has 0 fully saturated rings. The van der Waals surface area contributed by atoms with Crippen LogP contribution in [0.5, 0.6) is 0 Å². The van der Waals surface area contributed by atoms with E-state index in [1.807, 2.05) is 30.3 Å². The minimum Gasteiger partial charge on any atom is -0.236 e. The van der Waals surface area contributed by atoms with Gasteiger partial charge in [-0.2, -0.15) is 0 Å². The van der Waals surface area contributed by atoms with Gasteiger partial charge >= 0.3 is 0 Å². The highest BCUT2D eigenvalue weighted by Gasteiger charge is 2.18. The molecule has 0 bridgehead atoms. The van der Waals surface area contributed by atoms with Crippen molar-refractivity contribution in [2.24, 2.45) is 0 Å². The van der Waals surface area contributed by atoms with Gasteiger partial charge in [-0.1, -0.05) is 39.0 Å². The van der Waals surface area contributed by atoms with Gasteiger partial charge in [-0.3, -0.25) is 0 Å². The van der Waals surface area contributed by atoms with E-state index in [-0.39, 0.29) is 0 Å². The Morgan fingerprint density at radius 3 is 1.96 bits per heavy atom. The molecule has 0 unspecified atom stereocenters. The number of hydrogen-bond acceptors (Lipinski definition) is 3. The highest BCUT2D eigenvalue weighted by atomic mass is 79.9. The van der Waals surface area contributed by atoms with Gasteiger partial charge in [0.2, 0.25) is 0 Å². The molecule has 0 radical (unpaired) electrons. The molecule has 0 aliphatic heterocycles. The minimum absolute atomic E-state index is 0.698. The van der Waals surface area contributed by atoms with Crippen molar-refractivity contribution in [3.63, 3.8) is 0 Å². The van der Waals surface area contributed by atoms with E-state index >= 15 is 0 Å². The van der Waals surface area contributed by atoms with Crippen molar-refractivity contribution in [2.45, 2.75) is 0 Å². The molecule has 0 spiro atoms. The summed E-state index contributed by atoms with van der Waals surface area (Å²) in [7, 11) is 11.0. The second-order valence-electron chi connectivity index (χ2n) is 7.28. The zero-order valence-corrected chi connectivity index (χ0v) is 18.3. The lowest BCUT2D eigenvalue weighted by Gasteiger charge is -2.21. The van der Waals surface area contributed by atoms with Gasteiger partial charge in [-0.05, 0) is 29.8 Å². The summed E-state index contributed by atoms with van der Waals surface area (Å²) < 4.78 is 1.03. The summed E-state index contributed by atoms with van der Waals surface area (Å²) in [6.07, 6.45) is 1.79. The molecular weight excluding hydrogens is 404 g/mol. The third kappa shape index (κ3) is 3.12. The van der Waals surface area contributed by atoms with Crippen molar-refractivity contribution in [3.8, 4) is 22.6 Å². The van der Waals surface area contributed by atoms with Crippen molar-refractivity contribution >= 4 is 93.5 Å². The summed E-state index contributed by atoms with van der Waals surface area (Å²) in [4.78, 5) is 14.3. The average molecular weight is 421 g/mol. The summed E-state index contributed by atoms with van der Waals surface area (Å²) in [6.45, 7) is 0. The van der Waals surface area contributed by atoms with Crippen molar-refractivity contribution in [1.29, 1.82) is 0 Å². The lowest BCUT2D eigenvalue weighted by molar-refractivity contribution is 1.19. The fourth-order valence-corrected chi connectivity index (χ4v) is 4.00. The molecule has 0 N–H and O–H groups in total. The van der Waals surface area contributed by atoms with Crippen LogP contribution in [0.4, 0.5) is 0 Å². The molecule has 130 valence electrons. The SMILES string of the molecule is Bc1c(B)c(B)c(-c2nc(-c3ccc(Br)cc3)nc3ncccc23)c(B)c1B. The van der Waals surface area contributed by atoms with Gasteiger partial charge < -0.3 is 0 Å². The van der Waals surface area contributed by atoms with Gasteiger partial charge in [0.05, 0.1) is 5.69 Å². The number of pyridine rings is 1. The number of nitrogens with zero attached hydrogens (tertiary/aromatic N) is 3. The third-order valence-corrected chi connectivity index (χ3v) is 6.34. The van der Waals surface area contributed by atoms with Gasteiger partial charge in [0.25, 0.3) is 0 Å². The summed E-state index contributed by atoms with van der Waals surface area (Å²) in [5.74, 6) is 0.698. The summed E-state index contributed by atoms with van der Waals surface area (Å²) in [6, 6.07) is 12.1. The predicted molar refractivity (Wildman–Crippen MR) is 137 cm³/mol. The average Bonchev–Trinajstić information content (AvgIpc) is 2.71. The zero-order chi connectivity index (χ0) is 20.0. The molecule has 0 amide bonds. The molecule has 0 aliphatic carbocycles. The van der Waals surface area contributed by atoms with Crippen LogP contribution in [0.15, 0.2) is 47.1 Å². The maximum absolute atomic E-state index is 5.04. The molecule has 0 atom stereocenters. The Morgan fingerprint density at radius 1 is 0.714 bits per heavy atom. The quantitative estimate of drug-likeness (QED) is 0.315. The van der Waals surface area contributed by atoms with E-state index in [1.54, 1.807) is 6.20 Å². The van der Waals surface area contributed by atoms with Crippen molar-refractivity contribution in [3.05, 3.63) is 47.1 Å². The van der Waals surface area contributed by atoms with E-state index in [0.717, 1.165) is 26.8 Å². The molecule has 2 heterocycles. The van der Waals surface area contributed by atoms with Crippen LogP contribution >= 0.6 is 15.9 Å².